The molecule has 1 fully saturated rings. The minimum Gasteiger partial charge on any atom is -0.338 e. The summed E-state index contributed by atoms with van der Waals surface area (Å²) >= 11 is 0. The van der Waals surface area contributed by atoms with Crippen LogP contribution in [0.3, 0.4) is 0 Å². The van der Waals surface area contributed by atoms with Gasteiger partial charge in [0.1, 0.15) is 6.54 Å². The molecule has 1 saturated carbocycles. The molecule has 0 saturated heterocycles. The third-order valence-electron chi connectivity index (χ3n) is 4.60. The fraction of sp³-hybridized carbons (Fsp3) is 0.353. The Morgan fingerprint density at radius 1 is 1.22 bits per heavy atom. The second kappa shape index (κ2) is 5.31. The first-order valence-electron chi connectivity index (χ1n) is 7.86. The SMILES string of the molecule is NC1(c2noc(Cn3ccc(=O)c4ccccc43)n2)CCCC1. The van der Waals surface area contributed by atoms with Crippen molar-refractivity contribution in [3.63, 3.8) is 0 Å². The van der Waals surface area contributed by atoms with Crippen molar-refractivity contribution in [3.8, 4) is 0 Å². The Hall–Kier alpha value is -2.47. The second-order valence-electron chi connectivity index (χ2n) is 6.20. The van der Waals surface area contributed by atoms with Gasteiger partial charge in [0, 0.05) is 17.6 Å². The van der Waals surface area contributed by atoms with Gasteiger partial charge in [-0.15, -0.1) is 0 Å². The molecule has 0 aliphatic heterocycles. The van der Waals surface area contributed by atoms with Crippen LogP contribution < -0.4 is 11.2 Å². The van der Waals surface area contributed by atoms with Gasteiger partial charge >= 0.3 is 0 Å². The zero-order valence-electron chi connectivity index (χ0n) is 12.7. The highest BCUT2D eigenvalue weighted by Gasteiger charge is 2.35. The summed E-state index contributed by atoms with van der Waals surface area (Å²) in [5.41, 5.74) is 6.77. The first kappa shape index (κ1) is 14.1. The van der Waals surface area contributed by atoms with Crippen molar-refractivity contribution in [1.82, 2.24) is 14.7 Å². The van der Waals surface area contributed by atoms with Crippen LogP contribution in [0.15, 0.2) is 45.8 Å². The fourth-order valence-corrected chi connectivity index (χ4v) is 3.29. The quantitative estimate of drug-likeness (QED) is 0.801. The van der Waals surface area contributed by atoms with Gasteiger partial charge < -0.3 is 14.8 Å². The topological polar surface area (TPSA) is 86.9 Å². The normalized spacial score (nSPS) is 16.9. The lowest BCUT2D eigenvalue weighted by Crippen LogP contribution is -2.34. The fourth-order valence-electron chi connectivity index (χ4n) is 3.29. The highest BCUT2D eigenvalue weighted by molar-refractivity contribution is 5.78. The molecule has 0 radical (unpaired) electrons. The van der Waals surface area contributed by atoms with Gasteiger partial charge in [-0.3, -0.25) is 4.79 Å². The van der Waals surface area contributed by atoms with Gasteiger partial charge in [0.15, 0.2) is 11.3 Å². The summed E-state index contributed by atoms with van der Waals surface area (Å²) in [5, 5.41) is 4.76. The van der Waals surface area contributed by atoms with Crippen molar-refractivity contribution in [2.75, 3.05) is 0 Å². The minimum atomic E-state index is -0.451. The number of nitrogens with zero attached hydrogens (tertiary/aromatic N) is 3. The number of para-hydroxylation sites is 1. The van der Waals surface area contributed by atoms with Gasteiger partial charge in [-0.1, -0.05) is 30.1 Å². The number of pyridine rings is 1. The van der Waals surface area contributed by atoms with E-state index in [0.717, 1.165) is 31.2 Å². The molecule has 2 heterocycles. The van der Waals surface area contributed by atoms with Gasteiger partial charge in [-0.2, -0.15) is 4.98 Å². The number of rotatable bonds is 3. The van der Waals surface area contributed by atoms with Crippen molar-refractivity contribution < 1.29 is 4.52 Å². The smallest absolute Gasteiger partial charge is 0.246 e. The van der Waals surface area contributed by atoms with E-state index in [9.17, 15) is 4.79 Å². The zero-order chi connectivity index (χ0) is 15.9. The minimum absolute atomic E-state index is 0.00920. The van der Waals surface area contributed by atoms with E-state index >= 15 is 0 Å². The number of benzene rings is 1. The van der Waals surface area contributed by atoms with E-state index < -0.39 is 5.54 Å². The van der Waals surface area contributed by atoms with Crippen molar-refractivity contribution in [2.24, 2.45) is 5.73 Å². The molecule has 2 N–H and O–H groups in total. The molecule has 1 aliphatic carbocycles. The van der Waals surface area contributed by atoms with Crippen LogP contribution in [0.1, 0.15) is 37.4 Å². The van der Waals surface area contributed by atoms with Crippen LogP contribution in [0.4, 0.5) is 0 Å². The summed E-state index contributed by atoms with van der Waals surface area (Å²) < 4.78 is 7.32. The highest BCUT2D eigenvalue weighted by Crippen LogP contribution is 2.34. The Labute approximate surface area is 132 Å². The molecule has 1 aromatic carbocycles. The summed E-state index contributed by atoms with van der Waals surface area (Å²) in [7, 11) is 0. The van der Waals surface area contributed by atoms with Crippen LogP contribution in [-0.2, 0) is 12.1 Å². The number of hydrogen-bond acceptors (Lipinski definition) is 5. The largest absolute Gasteiger partial charge is 0.338 e. The zero-order valence-corrected chi connectivity index (χ0v) is 12.7. The predicted octanol–water partition coefficient (Wildman–Crippen LogP) is 2.16. The monoisotopic (exact) mass is 310 g/mol. The summed E-state index contributed by atoms with van der Waals surface area (Å²) in [6.07, 6.45) is 5.75. The molecule has 3 aromatic rings. The average molecular weight is 310 g/mol. The molecule has 1 aliphatic rings. The van der Waals surface area contributed by atoms with Crippen LogP contribution in [0.5, 0.6) is 0 Å². The van der Waals surface area contributed by atoms with E-state index in [-0.39, 0.29) is 5.43 Å². The third kappa shape index (κ3) is 2.45. The van der Waals surface area contributed by atoms with Gasteiger partial charge in [0.2, 0.25) is 5.89 Å². The number of hydrogen-bond donors (Lipinski definition) is 1. The van der Waals surface area contributed by atoms with Gasteiger partial charge in [-0.05, 0) is 25.0 Å². The first-order chi connectivity index (χ1) is 11.2. The second-order valence-corrected chi connectivity index (χ2v) is 6.20. The molecule has 6 nitrogen and oxygen atoms in total. The summed E-state index contributed by atoms with van der Waals surface area (Å²) in [6.45, 7) is 0.421. The summed E-state index contributed by atoms with van der Waals surface area (Å²) in [4.78, 5) is 16.4. The molecular weight excluding hydrogens is 292 g/mol. The molecule has 118 valence electrons. The molecule has 2 aromatic heterocycles. The first-order valence-corrected chi connectivity index (χ1v) is 7.86. The van der Waals surface area contributed by atoms with E-state index in [1.165, 1.54) is 0 Å². The number of nitrogens with two attached hydrogens (primary N) is 1. The third-order valence-corrected chi connectivity index (χ3v) is 4.60. The van der Waals surface area contributed by atoms with E-state index in [4.69, 9.17) is 10.3 Å². The van der Waals surface area contributed by atoms with Crippen molar-refractivity contribution in [3.05, 3.63) is 58.5 Å². The van der Waals surface area contributed by atoms with E-state index in [2.05, 4.69) is 10.1 Å². The van der Waals surface area contributed by atoms with Crippen LogP contribution >= 0.6 is 0 Å². The maximum Gasteiger partial charge on any atom is 0.246 e. The molecule has 23 heavy (non-hydrogen) atoms. The van der Waals surface area contributed by atoms with Crippen molar-refractivity contribution >= 4 is 10.9 Å². The Kier molecular flexibility index (Phi) is 3.27. The molecule has 0 spiro atoms. The molecule has 0 unspecified atom stereocenters. The lowest BCUT2D eigenvalue weighted by atomic mass is 9.99. The van der Waals surface area contributed by atoms with Crippen LogP contribution in [-0.4, -0.2) is 14.7 Å². The molecule has 0 amide bonds. The van der Waals surface area contributed by atoms with Gasteiger partial charge in [-0.25, -0.2) is 0 Å². The van der Waals surface area contributed by atoms with Gasteiger partial charge in [0.25, 0.3) is 0 Å². The molecule has 0 atom stereocenters. The molecule has 6 heteroatoms. The molecular formula is C17H18N4O2. The van der Waals surface area contributed by atoms with E-state index in [0.29, 0.717) is 23.6 Å². The summed E-state index contributed by atoms with van der Waals surface area (Å²) in [6, 6.07) is 9.05. The Morgan fingerprint density at radius 3 is 2.83 bits per heavy atom. The van der Waals surface area contributed by atoms with Crippen LogP contribution in [0.2, 0.25) is 0 Å². The maximum absolute atomic E-state index is 11.9. The maximum atomic E-state index is 11.9. The Bertz CT molecular complexity index is 906. The number of aromatic nitrogens is 3. The Morgan fingerprint density at radius 2 is 2.00 bits per heavy atom. The van der Waals surface area contributed by atoms with Gasteiger partial charge in [0.05, 0.1) is 11.1 Å². The highest BCUT2D eigenvalue weighted by atomic mass is 16.5. The van der Waals surface area contributed by atoms with E-state index in [1.807, 2.05) is 28.8 Å². The molecule has 0 bridgehead atoms. The van der Waals surface area contributed by atoms with Crippen LogP contribution in [0, 0.1) is 0 Å². The predicted molar refractivity (Wildman–Crippen MR) is 85.9 cm³/mol. The van der Waals surface area contributed by atoms with Crippen LogP contribution in [0.25, 0.3) is 10.9 Å². The lowest BCUT2D eigenvalue weighted by molar-refractivity contribution is 0.345. The Balaban J connectivity index is 1.68. The summed E-state index contributed by atoms with van der Waals surface area (Å²) in [5.74, 6) is 1.10. The number of fused-ring (bicyclic) bond motifs is 1. The van der Waals surface area contributed by atoms with Crippen molar-refractivity contribution in [1.29, 1.82) is 0 Å². The average Bonchev–Trinajstić information content (AvgIpc) is 3.21. The lowest BCUT2D eigenvalue weighted by Gasteiger charge is -2.17. The van der Waals surface area contributed by atoms with E-state index in [1.54, 1.807) is 12.3 Å². The molecule has 4 rings (SSSR count). The standard InChI is InChI=1S/C17H18N4O2/c18-17(8-3-4-9-17)16-19-15(23-20-16)11-21-10-7-14(22)12-5-1-2-6-13(12)21/h1-2,5-7,10H,3-4,8-9,11,18H2. The van der Waals surface area contributed by atoms with Crippen molar-refractivity contribution in [2.45, 2.75) is 37.8 Å².